The molecule has 1 heterocycles. The number of anilines is 2. The van der Waals surface area contributed by atoms with E-state index in [0.29, 0.717) is 16.6 Å². The Bertz CT molecular complexity index is 1220. The Kier molecular flexibility index (Phi) is 6.18. The van der Waals surface area contributed by atoms with Gasteiger partial charge >= 0.3 is 0 Å². The Hall–Kier alpha value is -2.23. The molecule has 2 aromatic carbocycles. The van der Waals surface area contributed by atoms with E-state index in [2.05, 4.69) is 31.0 Å². The molecule has 3 aromatic rings. The molecule has 0 bridgehead atoms. The second-order valence-electron chi connectivity index (χ2n) is 7.77. The first-order chi connectivity index (χ1) is 14.7. The number of amides is 1. The molecule has 0 spiro atoms. The second-order valence-corrected chi connectivity index (χ2v) is 11.8. The largest absolute Gasteiger partial charge is 0.298 e. The summed E-state index contributed by atoms with van der Waals surface area (Å²) in [5.74, 6) is 0.0480. The number of thiazole rings is 1. The third-order valence-corrected chi connectivity index (χ3v) is 8.11. The van der Waals surface area contributed by atoms with Crippen LogP contribution < -0.4 is 10.0 Å². The summed E-state index contributed by atoms with van der Waals surface area (Å²) in [7, 11) is -3.58. The van der Waals surface area contributed by atoms with Crippen molar-refractivity contribution in [2.45, 2.75) is 37.9 Å². The Morgan fingerprint density at radius 2 is 1.87 bits per heavy atom. The van der Waals surface area contributed by atoms with Gasteiger partial charge in [-0.2, -0.15) is 0 Å². The number of sulfonamides is 1. The van der Waals surface area contributed by atoms with E-state index in [0.717, 1.165) is 34.1 Å². The molecule has 2 N–H and O–H groups in total. The minimum Gasteiger partial charge on any atom is -0.298 e. The average molecular weight is 520 g/mol. The lowest BCUT2D eigenvalue weighted by atomic mass is 10.0. The lowest BCUT2D eigenvalue weighted by Crippen LogP contribution is -2.24. The van der Waals surface area contributed by atoms with Crippen molar-refractivity contribution < 1.29 is 13.2 Å². The van der Waals surface area contributed by atoms with E-state index in [-0.39, 0.29) is 11.6 Å². The zero-order valence-electron chi connectivity index (χ0n) is 17.1. The first-order valence-electron chi connectivity index (χ1n) is 9.91. The van der Waals surface area contributed by atoms with E-state index < -0.39 is 15.3 Å². The predicted molar refractivity (Wildman–Crippen MR) is 129 cm³/mol. The summed E-state index contributed by atoms with van der Waals surface area (Å²) < 4.78 is 28.3. The number of hydrogen-bond acceptors (Lipinski definition) is 5. The number of carbonyl (C=O) groups excluding carboxylic acids is 1. The van der Waals surface area contributed by atoms with Gasteiger partial charge in [-0.05, 0) is 62.4 Å². The topological polar surface area (TPSA) is 88.2 Å². The molecule has 6 nitrogen and oxygen atoms in total. The number of nitrogens with zero attached hydrogens (tertiary/aromatic N) is 1. The number of rotatable bonds is 7. The number of aromatic nitrogens is 1. The highest BCUT2D eigenvalue weighted by Gasteiger charge is 2.27. The van der Waals surface area contributed by atoms with Crippen molar-refractivity contribution in [2.24, 2.45) is 0 Å². The standard InChI is InChI=1S/C22H22BrN3O3S2/c1-13(2)31(28,29)26-19-10-7-16(14-3-4-14)11-18(19)21(27)25-22-24-20(12-30-22)15-5-8-17(23)9-6-15/h5-14,26H,3-4H2,1-2H3,(H,24,25,27). The van der Waals surface area contributed by atoms with Crippen LogP contribution in [0.15, 0.2) is 52.3 Å². The summed E-state index contributed by atoms with van der Waals surface area (Å²) in [6.07, 6.45) is 2.17. The third-order valence-electron chi connectivity index (χ3n) is 5.07. The number of halogens is 1. The van der Waals surface area contributed by atoms with Crippen molar-refractivity contribution >= 4 is 54.0 Å². The lowest BCUT2D eigenvalue weighted by molar-refractivity contribution is 0.102. The molecule has 1 aliphatic carbocycles. The molecule has 162 valence electrons. The average Bonchev–Trinajstić information content (AvgIpc) is 3.47. The van der Waals surface area contributed by atoms with Gasteiger partial charge in [0.15, 0.2) is 5.13 Å². The fourth-order valence-corrected chi connectivity index (χ4v) is 4.73. The minimum atomic E-state index is -3.58. The molecule has 1 aliphatic rings. The molecule has 1 amide bonds. The quantitative estimate of drug-likeness (QED) is 0.409. The van der Waals surface area contributed by atoms with Gasteiger partial charge in [0.25, 0.3) is 5.91 Å². The highest BCUT2D eigenvalue weighted by molar-refractivity contribution is 9.10. The highest BCUT2D eigenvalue weighted by atomic mass is 79.9. The van der Waals surface area contributed by atoms with Gasteiger partial charge < -0.3 is 0 Å². The molecule has 1 saturated carbocycles. The second kappa shape index (κ2) is 8.72. The molecule has 0 saturated heterocycles. The van der Waals surface area contributed by atoms with Crippen LogP contribution >= 0.6 is 27.3 Å². The van der Waals surface area contributed by atoms with E-state index in [1.807, 2.05) is 35.7 Å². The summed E-state index contributed by atoms with van der Waals surface area (Å²) in [5.41, 5.74) is 3.34. The maximum atomic E-state index is 13.1. The van der Waals surface area contributed by atoms with Crippen LogP contribution in [0.1, 0.15) is 48.5 Å². The summed E-state index contributed by atoms with van der Waals surface area (Å²) in [5, 5.41) is 4.55. The maximum absolute atomic E-state index is 13.1. The fraction of sp³-hybridized carbons (Fsp3) is 0.273. The minimum absolute atomic E-state index is 0.278. The monoisotopic (exact) mass is 519 g/mol. The van der Waals surface area contributed by atoms with Crippen molar-refractivity contribution in [3.63, 3.8) is 0 Å². The van der Waals surface area contributed by atoms with Crippen LogP contribution in [-0.2, 0) is 10.0 Å². The Morgan fingerprint density at radius 1 is 1.16 bits per heavy atom. The van der Waals surface area contributed by atoms with Gasteiger partial charge in [-0.15, -0.1) is 11.3 Å². The van der Waals surface area contributed by atoms with Gasteiger partial charge in [-0.25, -0.2) is 13.4 Å². The van der Waals surface area contributed by atoms with Crippen molar-refractivity contribution in [2.75, 3.05) is 10.0 Å². The number of benzene rings is 2. The van der Waals surface area contributed by atoms with Gasteiger partial charge in [0, 0.05) is 15.4 Å². The molecule has 1 fully saturated rings. The van der Waals surface area contributed by atoms with Gasteiger partial charge in [0.2, 0.25) is 10.0 Å². The van der Waals surface area contributed by atoms with Gasteiger partial charge in [-0.3, -0.25) is 14.8 Å². The molecular formula is C22H22BrN3O3S2. The molecule has 31 heavy (non-hydrogen) atoms. The van der Waals surface area contributed by atoms with E-state index >= 15 is 0 Å². The number of hydrogen-bond donors (Lipinski definition) is 2. The Morgan fingerprint density at radius 3 is 2.52 bits per heavy atom. The van der Waals surface area contributed by atoms with Crippen LogP contribution in [0.5, 0.6) is 0 Å². The predicted octanol–water partition coefficient (Wildman–Crippen LogP) is 5.85. The van der Waals surface area contributed by atoms with Gasteiger partial charge in [0.1, 0.15) is 0 Å². The third kappa shape index (κ3) is 5.16. The summed E-state index contributed by atoms with van der Waals surface area (Å²) in [4.78, 5) is 17.6. The molecule has 4 rings (SSSR count). The lowest BCUT2D eigenvalue weighted by Gasteiger charge is -2.15. The molecule has 0 aliphatic heterocycles. The van der Waals surface area contributed by atoms with Crippen LogP contribution in [0.4, 0.5) is 10.8 Å². The van der Waals surface area contributed by atoms with E-state index in [1.165, 1.54) is 11.3 Å². The van der Waals surface area contributed by atoms with Crippen molar-refractivity contribution in [3.05, 3.63) is 63.4 Å². The van der Waals surface area contributed by atoms with E-state index in [4.69, 9.17) is 0 Å². The number of carbonyl (C=O) groups is 1. The first-order valence-corrected chi connectivity index (χ1v) is 13.1. The van der Waals surface area contributed by atoms with Crippen LogP contribution in [0.2, 0.25) is 0 Å². The molecular weight excluding hydrogens is 498 g/mol. The summed E-state index contributed by atoms with van der Waals surface area (Å²) >= 11 is 4.74. The maximum Gasteiger partial charge on any atom is 0.259 e. The van der Waals surface area contributed by atoms with Crippen LogP contribution in [0.25, 0.3) is 11.3 Å². The molecule has 0 unspecified atom stereocenters. The normalized spacial score (nSPS) is 13.9. The highest BCUT2D eigenvalue weighted by Crippen LogP contribution is 2.41. The van der Waals surface area contributed by atoms with Crippen LogP contribution in [-0.4, -0.2) is 24.6 Å². The fourth-order valence-electron chi connectivity index (χ4n) is 3.03. The van der Waals surface area contributed by atoms with Crippen LogP contribution in [0.3, 0.4) is 0 Å². The Balaban J connectivity index is 1.60. The van der Waals surface area contributed by atoms with Crippen LogP contribution in [0, 0.1) is 0 Å². The van der Waals surface area contributed by atoms with Crippen molar-refractivity contribution in [1.29, 1.82) is 0 Å². The Labute approximate surface area is 194 Å². The zero-order valence-corrected chi connectivity index (χ0v) is 20.3. The van der Waals surface area contributed by atoms with Gasteiger partial charge in [-0.1, -0.05) is 34.1 Å². The summed E-state index contributed by atoms with van der Waals surface area (Å²) in [6.45, 7) is 3.19. The smallest absolute Gasteiger partial charge is 0.259 e. The molecule has 9 heteroatoms. The molecule has 0 radical (unpaired) electrons. The van der Waals surface area contributed by atoms with Crippen molar-refractivity contribution in [1.82, 2.24) is 4.98 Å². The summed E-state index contributed by atoms with van der Waals surface area (Å²) in [6, 6.07) is 13.1. The number of nitrogens with one attached hydrogen (secondary N) is 2. The zero-order chi connectivity index (χ0) is 22.2. The first kappa shape index (κ1) is 22.0. The molecule has 0 atom stereocenters. The SMILES string of the molecule is CC(C)S(=O)(=O)Nc1ccc(C2CC2)cc1C(=O)Nc1nc(-c2ccc(Br)cc2)cs1. The van der Waals surface area contributed by atoms with E-state index in [9.17, 15) is 13.2 Å². The van der Waals surface area contributed by atoms with Gasteiger partial charge in [0.05, 0.1) is 22.2 Å². The van der Waals surface area contributed by atoms with Crippen molar-refractivity contribution in [3.8, 4) is 11.3 Å². The molecule has 1 aromatic heterocycles. The van der Waals surface area contributed by atoms with E-state index in [1.54, 1.807) is 26.0 Å².